The molecule has 0 saturated heterocycles. The minimum atomic E-state index is -0.310. The number of aryl methyl sites for hydroxylation is 1. The first-order valence-electron chi connectivity index (χ1n) is 5.18. The van der Waals surface area contributed by atoms with Crippen LogP contribution in [0.5, 0.6) is 5.75 Å². The van der Waals surface area contributed by atoms with Crippen LogP contribution < -0.4 is 4.74 Å². The fourth-order valence-corrected chi connectivity index (χ4v) is 1.98. The molecule has 0 saturated carbocycles. The molecule has 0 spiro atoms. The van der Waals surface area contributed by atoms with Gasteiger partial charge in [-0.3, -0.25) is 0 Å². The second-order valence-corrected chi connectivity index (χ2v) is 3.76. The van der Waals surface area contributed by atoms with Crippen LogP contribution in [0.2, 0.25) is 0 Å². The normalized spacial score (nSPS) is 19.1. The van der Waals surface area contributed by atoms with E-state index in [1.807, 2.05) is 18.2 Å². The van der Waals surface area contributed by atoms with Gasteiger partial charge in [0.05, 0.1) is 6.10 Å². The van der Waals surface area contributed by atoms with E-state index >= 15 is 0 Å². The van der Waals surface area contributed by atoms with Gasteiger partial charge >= 0.3 is 0 Å². The van der Waals surface area contributed by atoms with Gasteiger partial charge in [-0.1, -0.05) is 12.0 Å². The first-order valence-corrected chi connectivity index (χ1v) is 5.18. The van der Waals surface area contributed by atoms with Crippen LogP contribution in [0.15, 0.2) is 18.2 Å². The predicted molar refractivity (Wildman–Crippen MR) is 58.7 cm³/mol. The summed E-state index contributed by atoms with van der Waals surface area (Å²) >= 11 is 0. The number of hydrogen-bond acceptors (Lipinski definition) is 2. The number of fused-ring (bicyclic) bond motifs is 1. The van der Waals surface area contributed by atoms with Crippen LogP contribution >= 0.6 is 0 Å². The van der Waals surface area contributed by atoms with Gasteiger partial charge in [-0.05, 0) is 42.5 Å². The van der Waals surface area contributed by atoms with Gasteiger partial charge in [0, 0.05) is 0 Å². The van der Waals surface area contributed by atoms with Crippen LogP contribution in [0.25, 0.3) is 0 Å². The molecule has 2 heteroatoms. The van der Waals surface area contributed by atoms with Crippen molar-refractivity contribution in [2.75, 3.05) is 6.61 Å². The van der Waals surface area contributed by atoms with Crippen molar-refractivity contribution in [3.05, 3.63) is 29.3 Å². The molecular weight excluding hydrogens is 188 g/mol. The van der Waals surface area contributed by atoms with Gasteiger partial charge in [0.2, 0.25) is 0 Å². The van der Waals surface area contributed by atoms with Crippen LogP contribution in [0, 0.1) is 12.3 Å². The van der Waals surface area contributed by atoms with E-state index < -0.39 is 0 Å². The first kappa shape index (κ1) is 10.1. The van der Waals surface area contributed by atoms with Crippen molar-refractivity contribution in [2.45, 2.75) is 25.4 Å². The molecule has 1 atom stereocenters. The second kappa shape index (κ2) is 4.37. The van der Waals surface area contributed by atoms with E-state index in [1.165, 1.54) is 5.56 Å². The van der Waals surface area contributed by atoms with E-state index in [0.29, 0.717) is 6.61 Å². The molecule has 0 aliphatic heterocycles. The summed E-state index contributed by atoms with van der Waals surface area (Å²) in [6.07, 6.45) is 7.72. The summed E-state index contributed by atoms with van der Waals surface area (Å²) in [6.45, 7) is 0.293. The summed E-state index contributed by atoms with van der Waals surface area (Å²) in [5, 5.41) is 9.76. The molecule has 1 aliphatic carbocycles. The highest BCUT2D eigenvalue weighted by Gasteiger charge is 2.17. The second-order valence-electron chi connectivity index (χ2n) is 3.76. The van der Waals surface area contributed by atoms with Crippen LogP contribution in [0.1, 0.15) is 30.1 Å². The SMILES string of the molecule is C#CCOc1ccc2c(c1)CCCC2O. The average Bonchev–Trinajstić information content (AvgIpc) is 2.26. The van der Waals surface area contributed by atoms with Gasteiger partial charge in [-0.2, -0.15) is 0 Å². The predicted octanol–water partition coefficient (Wildman–Crippen LogP) is 2.07. The van der Waals surface area contributed by atoms with E-state index in [2.05, 4.69) is 5.92 Å². The largest absolute Gasteiger partial charge is 0.481 e. The molecule has 78 valence electrons. The zero-order chi connectivity index (χ0) is 10.7. The third-order valence-electron chi connectivity index (χ3n) is 2.72. The maximum absolute atomic E-state index is 9.76. The molecule has 0 bridgehead atoms. The third-order valence-corrected chi connectivity index (χ3v) is 2.72. The molecule has 0 aromatic heterocycles. The van der Waals surface area contributed by atoms with Crippen molar-refractivity contribution in [3.8, 4) is 18.1 Å². The van der Waals surface area contributed by atoms with Crippen molar-refractivity contribution in [2.24, 2.45) is 0 Å². The number of aliphatic hydroxyl groups is 1. The maximum Gasteiger partial charge on any atom is 0.148 e. The van der Waals surface area contributed by atoms with Gasteiger partial charge < -0.3 is 9.84 Å². The lowest BCUT2D eigenvalue weighted by molar-refractivity contribution is 0.156. The van der Waals surface area contributed by atoms with E-state index in [-0.39, 0.29) is 6.10 Å². The van der Waals surface area contributed by atoms with Crippen LogP contribution in [0.3, 0.4) is 0 Å². The average molecular weight is 202 g/mol. The number of aliphatic hydroxyl groups excluding tert-OH is 1. The molecule has 0 amide bonds. The number of hydrogen-bond donors (Lipinski definition) is 1. The minimum absolute atomic E-state index is 0.293. The Kier molecular flexibility index (Phi) is 2.94. The summed E-state index contributed by atoms with van der Waals surface area (Å²) in [7, 11) is 0. The molecule has 1 aliphatic rings. The summed E-state index contributed by atoms with van der Waals surface area (Å²) in [5.41, 5.74) is 2.22. The van der Waals surface area contributed by atoms with Gasteiger partial charge in [-0.15, -0.1) is 6.42 Å². The Balaban J connectivity index is 2.22. The van der Waals surface area contributed by atoms with Gasteiger partial charge in [0.1, 0.15) is 12.4 Å². The van der Waals surface area contributed by atoms with Crippen LogP contribution in [-0.4, -0.2) is 11.7 Å². The Hall–Kier alpha value is -1.46. The molecule has 1 N–H and O–H groups in total. The molecule has 0 heterocycles. The number of rotatable bonds is 2. The van der Waals surface area contributed by atoms with Crippen molar-refractivity contribution < 1.29 is 9.84 Å². The van der Waals surface area contributed by atoms with Crippen LogP contribution in [0.4, 0.5) is 0 Å². The molecule has 1 aromatic rings. The zero-order valence-corrected chi connectivity index (χ0v) is 8.57. The minimum Gasteiger partial charge on any atom is -0.481 e. The summed E-state index contributed by atoms with van der Waals surface area (Å²) in [6, 6.07) is 5.78. The topological polar surface area (TPSA) is 29.5 Å². The number of terminal acetylenes is 1. The number of benzene rings is 1. The maximum atomic E-state index is 9.76. The van der Waals surface area contributed by atoms with Gasteiger partial charge in [-0.25, -0.2) is 0 Å². The van der Waals surface area contributed by atoms with Crippen molar-refractivity contribution in [1.29, 1.82) is 0 Å². The summed E-state index contributed by atoms with van der Waals surface area (Å²) < 4.78 is 5.34. The van der Waals surface area contributed by atoms with E-state index in [0.717, 1.165) is 30.6 Å². The molecule has 1 aromatic carbocycles. The molecule has 15 heavy (non-hydrogen) atoms. The Bertz CT molecular complexity index is 390. The van der Waals surface area contributed by atoms with E-state index in [4.69, 9.17) is 11.2 Å². The molecule has 2 nitrogen and oxygen atoms in total. The zero-order valence-electron chi connectivity index (χ0n) is 8.57. The van der Waals surface area contributed by atoms with Crippen molar-refractivity contribution in [3.63, 3.8) is 0 Å². The molecular formula is C13H14O2. The lowest BCUT2D eigenvalue weighted by Gasteiger charge is -2.21. The quantitative estimate of drug-likeness (QED) is 0.744. The standard InChI is InChI=1S/C13H14O2/c1-2-8-15-11-6-7-12-10(9-11)4-3-5-13(12)14/h1,6-7,9,13-14H,3-5,8H2. The molecule has 0 fully saturated rings. The van der Waals surface area contributed by atoms with Crippen LogP contribution in [-0.2, 0) is 6.42 Å². The van der Waals surface area contributed by atoms with Gasteiger partial charge in [0.25, 0.3) is 0 Å². The summed E-state index contributed by atoms with van der Waals surface area (Å²) in [5.74, 6) is 3.23. The Labute approximate surface area is 89.9 Å². The highest BCUT2D eigenvalue weighted by Crippen LogP contribution is 2.31. The van der Waals surface area contributed by atoms with Crippen molar-refractivity contribution in [1.82, 2.24) is 0 Å². The lowest BCUT2D eigenvalue weighted by atomic mass is 9.89. The molecule has 0 radical (unpaired) electrons. The smallest absolute Gasteiger partial charge is 0.148 e. The Morgan fingerprint density at radius 3 is 3.20 bits per heavy atom. The fraction of sp³-hybridized carbons (Fsp3) is 0.385. The van der Waals surface area contributed by atoms with E-state index in [9.17, 15) is 5.11 Å². The number of ether oxygens (including phenoxy) is 1. The van der Waals surface area contributed by atoms with Crippen molar-refractivity contribution >= 4 is 0 Å². The Morgan fingerprint density at radius 1 is 1.53 bits per heavy atom. The van der Waals surface area contributed by atoms with Gasteiger partial charge in [0.15, 0.2) is 0 Å². The molecule has 2 rings (SSSR count). The highest BCUT2D eigenvalue weighted by atomic mass is 16.5. The lowest BCUT2D eigenvalue weighted by Crippen LogP contribution is -2.09. The monoisotopic (exact) mass is 202 g/mol. The van der Waals surface area contributed by atoms with E-state index in [1.54, 1.807) is 0 Å². The molecule has 1 unspecified atom stereocenters. The highest BCUT2D eigenvalue weighted by molar-refractivity contribution is 5.38. The summed E-state index contributed by atoms with van der Waals surface area (Å²) in [4.78, 5) is 0. The first-order chi connectivity index (χ1) is 7.31. The Morgan fingerprint density at radius 2 is 2.40 bits per heavy atom. The fourth-order valence-electron chi connectivity index (χ4n) is 1.98. The third kappa shape index (κ3) is 2.14.